The van der Waals surface area contributed by atoms with Gasteiger partial charge >= 0.3 is 0 Å². The van der Waals surface area contributed by atoms with E-state index in [4.69, 9.17) is 4.74 Å². The first-order valence-electron chi connectivity index (χ1n) is 10.4. The molecule has 0 aliphatic rings. The fourth-order valence-electron chi connectivity index (χ4n) is 3.27. The third-order valence-corrected chi connectivity index (χ3v) is 5.31. The van der Waals surface area contributed by atoms with Crippen LogP contribution in [0.1, 0.15) is 34.9 Å². The quantitative estimate of drug-likeness (QED) is 0.547. The van der Waals surface area contributed by atoms with Crippen molar-refractivity contribution < 1.29 is 9.53 Å². The summed E-state index contributed by atoms with van der Waals surface area (Å²) < 4.78 is 6.88. The second-order valence-corrected chi connectivity index (χ2v) is 7.49. The van der Waals surface area contributed by atoms with E-state index in [0.29, 0.717) is 31.0 Å². The number of hydrogen-bond acceptors (Lipinski definition) is 5. The molecule has 0 atom stereocenters. The lowest BCUT2D eigenvalue weighted by Gasteiger charge is -2.21. The zero-order valence-electron chi connectivity index (χ0n) is 18.5. The summed E-state index contributed by atoms with van der Waals surface area (Å²) in [5.74, 6) is 0.514. The van der Waals surface area contributed by atoms with E-state index < -0.39 is 5.56 Å². The van der Waals surface area contributed by atoms with Gasteiger partial charge in [0, 0.05) is 13.1 Å². The lowest BCUT2D eigenvalue weighted by atomic mass is 10.1. The minimum atomic E-state index is -0.542. The molecule has 0 radical (unpaired) electrons. The van der Waals surface area contributed by atoms with E-state index in [-0.39, 0.29) is 18.0 Å². The Balaban J connectivity index is 1.65. The zero-order valence-corrected chi connectivity index (χ0v) is 18.5. The van der Waals surface area contributed by atoms with Crippen LogP contribution in [-0.4, -0.2) is 27.1 Å². The lowest BCUT2D eigenvalue weighted by Crippen LogP contribution is -2.38. The molecule has 0 N–H and O–H groups in total. The molecule has 7 nitrogen and oxygen atoms in total. The van der Waals surface area contributed by atoms with Crippen LogP contribution in [0.4, 0.5) is 0 Å². The van der Waals surface area contributed by atoms with E-state index in [0.717, 1.165) is 21.6 Å². The van der Waals surface area contributed by atoms with Gasteiger partial charge in [0.1, 0.15) is 30.5 Å². The molecule has 0 aliphatic carbocycles. The van der Waals surface area contributed by atoms with Crippen molar-refractivity contribution in [3.8, 4) is 11.8 Å². The van der Waals surface area contributed by atoms with Crippen molar-refractivity contribution in [3.05, 3.63) is 92.9 Å². The summed E-state index contributed by atoms with van der Waals surface area (Å²) in [4.78, 5) is 27.0. The highest BCUT2D eigenvalue weighted by Crippen LogP contribution is 2.16. The number of aryl methyl sites for hydroxylation is 1. The molecule has 1 heterocycles. The van der Waals surface area contributed by atoms with Gasteiger partial charge in [0.2, 0.25) is 5.91 Å². The number of nitrogens with zero attached hydrogens (tertiary/aromatic N) is 4. The molecule has 0 unspecified atom stereocenters. The van der Waals surface area contributed by atoms with Crippen LogP contribution in [-0.2, 0) is 24.5 Å². The molecule has 0 saturated heterocycles. The maximum Gasteiger partial charge on any atom is 0.285 e. The van der Waals surface area contributed by atoms with E-state index in [1.165, 1.54) is 0 Å². The Kier molecular flexibility index (Phi) is 7.40. The molecule has 3 rings (SSSR count). The number of likely N-dealkylation sites (N-methyl/N-ethyl adjacent to an activating group) is 1. The van der Waals surface area contributed by atoms with E-state index in [9.17, 15) is 14.9 Å². The summed E-state index contributed by atoms with van der Waals surface area (Å²) in [6.45, 7) is 6.44. The number of rotatable bonds is 8. The third-order valence-electron chi connectivity index (χ3n) is 5.31. The van der Waals surface area contributed by atoms with Crippen LogP contribution >= 0.6 is 0 Å². The van der Waals surface area contributed by atoms with E-state index in [1.807, 2.05) is 67.6 Å². The van der Waals surface area contributed by atoms with E-state index >= 15 is 0 Å². The number of aromatic nitrogens is 2. The number of ether oxygens (including phenoxy) is 1. The monoisotopic (exact) mass is 430 g/mol. The molecule has 7 heteroatoms. The van der Waals surface area contributed by atoms with Crippen LogP contribution in [0.15, 0.2) is 59.4 Å². The van der Waals surface area contributed by atoms with Gasteiger partial charge in [-0.15, -0.1) is 0 Å². The Labute approximate surface area is 187 Å². The Morgan fingerprint density at radius 1 is 1.09 bits per heavy atom. The molecule has 0 bridgehead atoms. The van der Waals surface area contributed by atoms with Gasteiger partial charge in [-0.25, -0.2) is 4.68 Å². The molecular weight excluding hydrogens is 404 g/mol. The summed E-state index contributed by atoms with van der Waals surface area (Å²) in [5.41, 5.74) is 2.63. The van der Waals surface area contributed by atoms with Crippen molar-refractivity contribution in [2.75, 3.05) is 6.54 Å². The minimum Gasteiger partial charge on any atom is -0.489 e. The number of amides is 1. The first-order valence-corrected chi connectivity index (χ1v) is 10.4. The maximum atomic E-state index is 12.8. The molecule has 1 aromatic heterocycles. The minimum absolute atomic E-state index is 0.0273. The van der Waals surface area contributed by atoms with Crippen LogP contribution in [0, 0.1) is 25.2 Å². The van der Waals surface area contributed by atoms with Crippen molar-refractivity contribution in [1.82, 2.24) is 14.7 Å². The Morgan fingerprint density at radius 2 is 1.78 bits per heavy atom. The second kappa shape index (κ2) is 10.4. The number of hydrogen-bond donors (Lipinski definition) is 0. The highest BCUT2D eigenvalue weighted by Gasteiger charge is 2.17. The molecule has 0 spiro atoms. The van der Waals surface area contributed by atoms with Gasteiger partial charge in [-0.1, -0.05) is 42.5 Å². The fraction of sp³-hybridized carbons (Fsp3) is 0.280. The summed E-state index contributed by atoms with van der Waals surface area (Å²) in [7, 11) is 0. The molecule has 1 amide bonds. The summed E-state index contributed by atoms with van der Waals surface area (Å²) >= 11 is 0. The van der Waals surface area contributed by atoms with Crippen molar-refractivity contribution in [3.63, 3.8) is 0 Å². The zero-order chi connectivity index (χ0) is 23.1. The van der Waals surface area contributed by atoms with Crippen LogP contribution in [0.2, 0.25) is 0 Å². The Bertz CT molecular complexity index is 1180. The first kappa shape index (κ1) is 22.8. The van der Waals surface area contributed by atoms with Gasteiger partial charge < -0.3 is 9.64 Å². The highest BCUT2D eigenvalue weighted by molar-refractivity contribution is 5.76. The molecule has 164 valence electrons. The highest BCUT2D eigenvalue weighted by atomic mass is 16.5. The number of carbonyl (C=O) groups excluding carboxylic acids is 1. The average molecular weight is 431 g/mol. The average Bonchev–Trinajstić information content (AvgIpc) is 2.81. The normalized spacial score (nSPS) is 10.4. The van der Waals surface area contributed by atoms with Crippen molar-refractivity contribution in [1.29, 1.82) is 5.26 Å². The van der Waals surface area contributed by atoms with Gasteiger partial charge in [-0.3, -0.25) is 9.59 Å². The van der Waals surface area contributed by atoms with Crippen LogP contribution in [0.25, 0.3) is 0 Å². The Hall–Kier alpha value is -3.92. The second-order valence-electron chi connectivity index (χ2n) is 7.49. The Morgan fingerprint density at radius 3 is 2.41 bits per heavy atom. The van der Waals surface area contributed by atoms with Crippen molar-refractivity contribution in [2.24, 2.45) is 0 Å². The van der Waals surface area contributed by atoms with E-state index in [2.05, 4.69) is 5.10 Å². The summed E-state index contributed by atoms with van der Waals surface area (Å²) in [5, 5.41) is 13.5. The van der Waals surface area contributed by atoms with Crippen molar-refractivity contribution in [2.45, 2.75) is 40.5 Å². The fourth-order valence-corrected chi connectivity index (χ4v) is 3.27. The molecule has 0 saturated carbocycles. The first-order chi connectivity index (χ1) is 15.4. The van der Waals surface area contributed by atoms with Gasteiger partial charge in [0.25, 0.3) is 5.56 Å². The van der Waals surface area contributed by atoms with Crippen LogP contribution in [0.3, 0.4) is 0 Å². The van der Waals surface area contributed by atoms with Gasteiger partial charge in [-0.2, -0.15) is 10.4 Å². The van der Waals surface area contributed by atoms with Crippen LogP contribution < -0.4 is 10.3 Å². The standard InChI is InChI=1S/C25H26N4O3/c1-4-28(24(30)16-29-25(31)23(14-26)18(2)19(3)27-29)15-20-10-12-22(13-11-20)32-17-21-8-6-5-7-9-21/h5-13H,4,15-17H2,1-3H3. The SMILES string of the molecule is CCN(Cc1ccc(OCc2ccccc2)cc1)C(=O)Cn1nc(C)c(C)c(C#N)c1=O. The molecular formula is C25H26N4O3. The molecule has 0 aliphatic heterocycles. The van der Waals surface area contributed by atoms with Gasteiger partial charge in [-0.05, 0) is 49.6 Å². The topological polar surface area (TPSA) is 88.2 Å². The molecule has 32 heavy (non-hydrogen) atoms. The third kappa shape index (κ3) is 5.41. The molecule has 0 fully saturated rings. The predicted octanol–water partition coefficient (Wildman–Crippen LogP) is 3.36. The number of nitriles is 1. The number of benzene rings is 2. The molecule has 2 aromatic carbocycles. The predicted molar refractivity (Wildman–Crippen MR) is 121 cm³/mol. The molecule has 3 aromatic rings. The largest absolute Gasteiger partial charge is 0.489 e. The van der Waals surface area contributed by atoms with Gasteiger partial charge in [0.05, 0.1) is 5.69 Å². The maximum absolute atomic E-state index is 12.8. The number of carbonyl (C=O) groups is 1. The summed E-state index contributed by atoms with van der Waals surface area (Å²) in [6, 6.07) is 19.4. The smallest absolute Gasteiger partial charge is 0.285 e. The van der Waals surface area contributed by atoms with Gasteiger partial charge in [0.15, 0.2) is 0 Å². The van der Waals surface area contributed by atoms with Crippen LogP contribution in [0.5, 0.6) is 5.75 Å². The van der Waals surface area contributed by atoms with Crippen molar-refractivity contribution >= 4 is 5.91 Å². The summed E-state index contributed by atoms with van der Waals surface area (Å²) in [6.07, 6.45) is 0. The van der Waals surface area contributed by atoms with E-state index in [1.54, 1.807) is 18.7 Å². The lowest BCUT2D eigenvalue weighted by molar-refractivity contribution is -0.132.